The van der Waals surface area contributed by atoms with Gasteiger partial charge in [-0.05, 0) is 18.6 Å². The van der Waals surface area contributed by atoms with E-state index in [-0.39, 0.29) is 6.10 Å². The van der Waals surface area contributed by atoms with Gasteiger partial charge in [-0.2, -0.15) is 0 Å². The average molecular weight is 125 g/mol. The minimum Gasteiger partial charge on any atom is -0.387 e. The lowest BCUT2D eigenvalue weighted by molar-refractivity contribution is 0.169. The average Bonchev–Trinajstić information content (AvgIpc) is 2.37. The van der Waals surface area contributed by atoms with Crippen molar-refractivity contribution in [3.05, 3.63) is 24.0 Å². The Kier molecular flexibility index (Phi) is 1.90. The summed E-state index contributed by atoms with van der Waals surface area (Å²) in [5.74, 6) is 0. The number of hydrogen-bond acceptors (Lipinski definition) is 1. The Morgan fingerprint density at radius 3 is 3.00 bits per heavy atom. The molecule has 2 N–H and O–H groups in total. The Bertz CT molecular complexity index is 157. The van der Waals surface area contributed by atoms with Crippen molar-refractivity contribution in [2.75, 3.05) is 0 Å². The zero-order chi connectivity index (χ0) is 6.69. The molecule has 1 aromatic rings. The first-order valence-electron chi connectivity index (χ1n) is 3.16. The van der Waals surface area contributed by atoms with E-state index < -0.39 is 0 Å². The van der Waals surface area contributed by atoms with Gasteiger partial charge in [-0.3, -0.25) is 0 Å². The van der Waals surface area contributed by atoms with Gasteiger partial charge in [0.05, 0.1) is 6.10 Å². The highest BCUT2D eigenvalue weighted by Gasteiger charge is 2.02. The molecule has 0 unspecified atom stereocenters. The molecule has 0 aliphatic carbocycles. The van der Waals surface area contributed by atoms with Gasteiger partial charge in [0.1, 0.15) is 0 Å². The summed E-state index contributed by atoms with van der Waals surface area (Å²) >= 11 is 0. The number of aliphatic hydroxyl groups is 1. The van der Waals surface area contributed by atoms with Gasteiger partial charge in [-0.1, -0.05) is 6.92 Å². The van der Waals surface area contributed by atoms with Crippen LogP contribution in [0.2, 0.25) is 0 Å². The molecule has 0 aromatic carbocycles. The second kappa shape index (κ2) is 2.69. The van der Waals surface area contributed by atoms with Gasteiger partial charge in [0, 0.05) is 11.9 Å². The van der Waals surface area contributed by atoms with Crippen molar-refractivity contribution in [3.63, 3.8) is 0 Å². The van der Waals surface area contributed by atoms with E-state index >= 15 is 0 Å². The lowest BCUT2D eigenvalue weighted by Crippen LogP contribution is -1.93. The van der Waals surface area contributed by atoms with Gasteiger partial charge in [0.25, 0.3) is 0 Å². The molecular formula is C7H11NO. The van der Waals surface area contributed by atoms with Gasteiger partial charge in [0.2, 0.25) is 0 Å². The van der Waals surface area contributed by atoms with E-state index in [9.17, 15) is 5.11 Å². The molecule has 1 heterocycles. The Hall–Kier alpha value is -0.760. The number of nitrogens with one attached hydrogen (secondary N) is 1. The van der Waals surface area contributed by atoms with E-state index in [4.69, 9.17) is 0 Å². The number of H-pyrrole nitrogens is 1. The molecule has 0 saturated heterocycles. The van der Waals surface area contributed by atoms with Gasteiger partial charge < -0.3 is 10.1 Å². The third-order valence-corrected chi connectivity index (χ3v) is 1.37. The van der Waals surface area contributed by atoms with Gasteiger partial charge in [-0.25, -0.2) is 0 Å². The van der Waals surface area contributed by atoms with Crippen LogP contribution in [0, 0.1) is 0 Å². The number of hydrogen-bond donors (Lipinski definition) is 2. The number of aromatic nitrogens is 1. The smallest absolute Gasteiger partial charge is 0.0935 e. The minimum absolute atomic E-state index is 0.319. The maximum Gasteiger partial charge on any atom is 0.0935 e. The zero-order valence-corrected chi connectivity index (χ0v) is 5.46. The lowest BCUT2D eigenvalue weighted by Gasteiger charge is -2.02. The molecule has 0 fully saturated rings. The first-order chi connectivity index (χ1) is 4.34. The summed E-state index contributed by atoms with van der Waals surface area (Å²) in [6.07, 6.45) is 2.26. The van der Waals surface area contributed by atoms with Crippen molar-refractivity contribution in [2.45, 2.75) is 19.4 Å². The second-order valence-corrected chi connectivity index (χ2v) is 2.05. The third kappa shape index (κ3) is 1.33. The van der Waals surface area contributed by atoms with Gasteiger partial charge in [-0.15, -0.1) is 0 Å². The van der Waals surface area contributed by atoms with E-state index in [0.29, 0.717) is 0 Å². The summed E-state index contributed by atoms with van der Waals surface area (Å²) in [5.41, 5.74) is 0.900. The molecule has 0 radical (unpaired) electrons. The van der Waals surface area contributed by atoms with Crippen LogP contribution in [0.1, 0.15) is 25.1 Å². The Labute approximate surface area is 54.5 Å². The summed E-state index contributed by atoms with van der Waals surface area (Å²) in [6.45, 7) is 1.95. The Morgan fingerprint density at radius 2 is 2.56 bits per heavy atom. The fraction of sp³-hybridized carbons (Fsp3) is 0.429. The van der Waals surface area contributed by atoms with Crippen LogP contribution >= 0.6 is 0 Å². The maximum absolute atomic E-state index is 9.19. The lowest BCUT2D eigenvalue weighted by atomic mass is 10.2. The highest BCUT2D eigenvalue weighted by atomic mass is 16.3. The van der Waals surface area contributed by atoms with E-state index in [2.05, 4.69) is 4.98 Å². The fourth-order valence-electron chi connectivity index (χ4n) is 0.771. The van der Waals surface area contributed by atoms with Crippen molar-refractivity contribution < 1.29 is 5.11 Å². The molecule has 1 rings (SSSR count). The second-order valence-electron chi connectivity index (χ2n) is 2.05. The molecule has 0 spiro atoms. The Balaban J connectivity index is 2.65. The first-order valence-corrected chi connectivity index (χ1v) is 3.16. The highest BCUT2D eigenvalue weighted by Crippen LogP contribution is 2.11. The van der Waals surface area contributed by atoms with Crippen LogP contribution in [0.4, 0.5) is 0 Å². The predicted octanol–water partition coefficient (Wildman–Crippen LogP) is 1.46. The van der Waals surface area contributed by atoms with E-state index in [1.165, 1.54) is 0 Å². The monoisotopic (exact) mass is 125 g/mol. The molecular weight excluding hydrogens is 114 g/mol. The maximum atomic E-state index is 9.19. The number of aliphatic hydroxyl groups excluding tert-OH is 1. The predicted molar refractivity (Wildman–Crippen MR) is 36.0 cm³/mol. The van der Waals surface area contributed by atoms with Crippen LogP contribution in [0.15, 0.2) is 18.3 Å². The minimum atomic E-state index is -0.319. The van der Waals surface area contributed by atoms with Gasteiger partial charge in [0.15, 0.2) is 0 Å². The van der Waals surface area contributed by atoms with E-state index in [1.807, 2.05) is 25.3 Å². The molecule has 50 valence electrons. The molecule has 1 aromatic heterocycles. The quantitative estimate of drug-likeness (QED) is 0.616. The molecule has 2 heteroatoms. The van der Waals surface area contributed by atoms with Crippen LogP contribution in [0.5, 0.6) is 0 Å². The van der Waals surface area contributed by atoms with Gasteiger partial charge >= 0.3 is 0 Å². The summed E-state index contributed by atoms with van der Waals surface area (Å²) in [5, 5.41) is 9.19. The van der Waals surface area contributed by atoms with Crippen molar-refractivity contribution >= 4 is 0 Å². The van der Waals surface area contributed by atoms with Crippen molar-refractivity contribution in [2.24, 2.45) is 0 Å². The normalized spacial score (nSPS) is 13.6. The van der Waals surface area contributed by atoms with Crippen LogP contribution in [-0.4, -0.2) is 10.1 Å². The standard InChI is InChI=1S/C7H11NO/c1-2-7(9)6-4-3-5-8-6/h3-5,7-9H,2H2,1H3/t7-/m0/s1. The molecule has 9 heavy (non-hydrogen) atoms. The summed E-state index contributed by atoms with van der Waals surface area (Å²) in [4.78, 5) is 2.94. The summed E-state index contributed by atoms with van der Waals surface area (Å²) < 4.78 is 0. The van der Waals surface area contributed by atoms with Crippen LogP contribution in [0.3, 0.4) is 0 Å². The number of aromatic amines is 1. The largest absolute Gasteiger partial charge is 0.387 e. The van der Waals surface area contributed by atoms with Crippen LogP contribution in [0.25, 0.3) is 0 Å². The number of rotatable bonds is 2. The zero-order valence-electron chi connectivity index (χ0n) is 5.46. The van der Waals surface area contributed by atoms with Crippen LogP contribution in [-0.2, 0) is 0 Å². The van der Waals surface area contributed by atoms with Crippen LogP contribution < -0.4 is 0 Å². The van der Waals surface area contributed by atoms with E-state index in [1.54, 1.807) is 0 Å². The molecule has 0 saturated carbocycles. The molecule has 1 atom stereocenters. The molecule has 0 aliphatic heterocycles. The topological polar surface area (TPSA) is 36.0 Å². The van der Waals surface area contributed by atoms with Crippen molar-refractivity contribution in [1.82, 2.24) is 4.98 Å². The third-order valence-electron chi connectivity index (χ3n) is 1.37. The highest BCUT2D eigenvalue weighted by molar-refractivity contribution is 5.06. The van der Waals surface area contributed by atoms with Crippen molar-refractivity contribution in [3.8, 4) is 0 Å². The molecule has 2 nitrogen and oxygen atoms in total. The fourth-order valence-corrected chi connectivity index (χ4v) is 0.771. The Morgan fingerprint density at radius 1 is 1.78 bits per heavy atom. The summed E-state index contributed by atoms with van der Waals surface area (Å²) in [7, 11) is 0. The molecule has 0 bridgehead atoms. The first kappa shape index (κ1) is 6.36. The molecule has 0 aliphatic rings. The van der Waals surface area contributed by atoms with E-state index in [0.717, 1.165) is 12.1 Å². The summed E-state index contributed by atoms with van der Waals surface area (Å²) in [6, 6.07) is 3.77. The van der Waals surface area contributed by atoms with Crippen molar-refractivity contribution in [1.29, 1.82) is 0 Å². The SMILES string of the molecule is CC[C@H](O)c1ccc[nH]1. The molecule has 0 amide bonds.